The number of pyridine rings is 1. The molecule has 1 atom stereocenters. The van der Waals surface area contributed by atoms with Crippen LogP contribution in [0.3, 0.4) is 0 Å². The van der Waals surface area contributed by atoms with Gasteiger partial charge in [0.05, 0.1) is 18.3 Å². The van der Waals surface area contributed by atoms with E-state index >= 15 is 0 Å². The van der Waals surface area contributed by atoms with E-state index in [0.29, 0.717) is 6.54 Å². The highest BCUT2D eigenvalue weighted by molar-refractivity contribution is 7.15. The number of hydrogen-bond acceptors (Lipinski definition) is 6. The van der Waals surface area contributed by atoms with Crippen molar-refractivity contribution in [1.82, 2.24) is 19.8 Å². The minimum atomic E-state index is 0.197. The molecular formula is C20H29N5OS. The molecule has 0 bridgehead atoms. The predicted octanol–water partition coefficient (Wildman–Crippen LogP) is 3.90. The molecule has 1 aliphatic rings. The minimum Gasteiger partial charge on any atom is -0.342 e. The SMILES string of the molecule is CCN(CC)C(=O)CN1CCC[C@H]1c1cc(Nc2ncc(C)s2)cc(C)n1. The molecule has 2 aromatic rings. The Morgan fingerprint density at radius 1 is 1.33 bits per heavy atom. The van der Waals surface area contributed by atoms with Gasteiger partial charge in [0.1, 0.15) is 0 Å². The second-order valence-corrected chi connectivity index (χ2v) is 8.25. The van der Waals surface area contributed by atoms with Gasteiger partial charge >= 0.3 is 0 Å². The number of nitrogens with one attached hydrogen (secondary N) is 1. The molecule has 2 aromatic heterocycles. The largest absolute Gasteiger partial charge is 0.342 e. The third kappa shape index (κ3) is 4.84. The fourth-order valence-corrected chi connectivity index (χ4v) is 4.36. The standard InChI is InChI=1S/C20H29N5OS/c1-5-24(6-2)19(26)13-25-9-7-8-18(25)17-11-16(10-14(3)22-17)23-20-21-12-15(4)27-20/h10-12,18H,5-9,13H2,1-4H3,(H,21,22,23)/t18-/m0/s1. The fraction of sp³-hybridized carbons (Fsp3) is 0.550. The molecule has 3 heterocycles. The summed E-state index contributed by atoms with van der Waals surface area (Å²) in [6, 6.07) is 4.35. The number of amides is 1. The van der Waals surface area contributed by atoms with E-state index < -0.39 is 0 Å². The summed E-state index contributed by atoms with van der Waals surface area (Å²) in [6.45, 7) is 11.1. The Labute approximate surface area is 165 Å². The molecule has 0 spiro atoms. The van der Waals surface area contributed by atoms with Gasteiger partial charge in [-0.3, -0.25) is 14.7 Å². The van der Waals surface area contributed by atoms with Gasteiger partial charge in [0.25, 0.3) is 0 Å². The molecule has 1 N–H and O–H groups in total. The van der Waals surface area contributed by atoms with Crippen molar-refractivity contribution in [3.63, 3.8) is 0 Å². The molecule has 7 heteroatoms. The first-order chi connectivity index (χ1) is 13.0. The molecule has 146 valence electrons. The normalized spacial score (nSPS) is 17.3. The monoisotopic (exact) mass is 387 g/mol. The number of carbonyl (C=O) groups is 1. The average molecular weight is 388 g/mol. The van der Waals surface area contributed by atoms with E-state index in [1.54, 1.807) is 11.3 Å². The van der Waals surface area contributed by atoms with Gasteiger partial charge in [-0.1, -0.05) is 0 Å². The van der Waals surface area contributed by atoms with Crippen molar-refractivity contribution in [1.29, 1.82) is 0 Å². The lowest BCUT2D eigenvalue weighted by Gasteiger charge is -2.27. The number of aromatic nitrogens is 2. The summed E-state index contributed by atoms with van der Waals surface area (Å²) in [4.78, 5) is 27.1. The van der Waals surface area contributed by atoms with Gasteiger partial charge < -0.3 is 10.2 Å². The Bertz CT molecular complexity index is 786. The number of thiazole rings is 1. The van der Waals surface area contributed by atoms with Crippen molar-refractivity contribution in [2.75, 3.05) is 31.5 Å². The Balaban J connectivity index is 1.76. The smallest absolute Gasteiger partial charge is 0.236 e. The van der Waals surface area contributed by atoms with Crippen LogP contribution in [0.15, 0.2) is 18.3 Å². The molecule has 1 aliphatic heterocycles. The Morgan fingerprint density at radius 3 is 2.78 bits per heavy atom. The van der Waals surface area contributed by atoms with Crippen LogP contribution in [-0.4, -0.2) is 51.9 Å². The van der Waals surface area contributed by atoms with Crippen LogP contribution in [0.5, 0.6) is 0 Å². The first-order valence-electron chi connectivity index (χ1n) is 9.70. The zero-order valence-corrected chi connectivity index (χ0v) is 17.5. The van der Waals surface area contributed by atoms with E-state index in [-0.39, 0.29) is 11.9 Å². The molecule has 6 nitrogen and oxygen atoms in total. The number of carbonyl (C=O) groups excluding carboxylic acids is 1. The third-order valence-electron chi connectivity index (χ3n) is 5.01. The van der Waals surface area contributed by atoms with Crippen LogP contribution in [0.2, 0.25) is 0 Å². The van der Waals surface area contributed by atoms with Gasteiger partial charge in [-0.25, -0.2) is 4.98 Å². The van der Waals surface area contributed by atoms with E-state index in [1.165, 1.54) is 4.88 Å². The topological polar surface area (TPSA) is 61.4 Å². The molecule has 27 heavy (non-hydrogen) atoms. The van der Waals surface area contributed by atoms with Crippen molar-refractivity contribution in [3.05, 3.63) is 34.6 Å². The summed E-state index contributed by atoms with van der Waals surface area (Å²) < 4.78 is 0. The fourth-order valence-electron chi connectivity index (χ4n) is 3.67. The maximum atomic E-state index is 12.6. The molecule has 1 amide bonds. The summed E-state index contributed by atoms with van der Waals surface area (Å²) in [5.41, 5.74) is 3.02. The van der Waals surface area contributed by atoms with Gasteiger partial charge in [0, 0.05) is 35.5 Å². The van der Waals surface area contributed by atoms with Crippen molar-refractivity contribution < 1.29 is 4.79 Å². The number of rotatable bonds is 7. The lowest BCUT2D eigenvalue weighted by Crippen LogP contribution is -2.40. The van der Waals surface area contributed by atoms with Crippen LogP contribution in [0.25, 0.3) is 0 Å². The average Bonchev–Trinajstić information content (AvgIpc) is 3.24. The lowest BCUT2D eigenvalue weighted by atomic mass is 10.1. The van der Waals surface area contributed by atoms with Crippen molar-refractivity contribution in [2.45, 2.75) is 46.6 Å². The Morgan fingerprint density at radius 2 is 2.11 bits per heavy atom. The second-order valence-electron chi connectivity index (χ2n) is 7.02. The molecule has 0 aliphatic carbocycles. The Hall–Kier alpha value is -1.99. The number of hydrogen-bond donors (Lipinski definition) is 1. The van der Waals surface area contributed by atoms with Crippen LogP contribution in [0, 0.1) is 13.8 Å². The lowest BCUT2D eigenvalue weighted by molar-refractivity contribution is -0.132. The molecular weight excluding hydrogens is 358 g/mol. The van der Waals surface area contributed by atoms with Crippen LogP contribution in [0.4, 0.5) is 10.8 Å². The Kier molecular flexibility index (Phi) is 6.44. The highest BCUT2D eigenvalue weighted by Crippen LogP contribution is 2.33. The van der Waals surface area contributed by atoms with E-state index in [1.807, 2.05) is 37.9 Å². The number of likely N-dealkylation sites (N-methyl/N-ethyl adjacent to an activating group) is 1. The zero-order valence-electron chi connectivity index (χ0n) is 16.7. The summed E-state index contributed by atoms with van der Waals surface area (Å²) in [5.74, 6) is 0.205. The van der Waals surface area contributed by atoms with Gasteiger partial charge in [-0.05, 0) is 59.2 Å². The molecule has 1 fully saturated rings. The molecule has 3 rings (SSSR count). The number of nitrogens with zero attached hydrogens (tertiary/aromatic N) is 4. The van der Waals surface area contributed by atoms with Crippen molar-refractivity contribution in [3.8, 4) is 0 Å². The van der Waals surface area contributed by atoms with E-state index in [2.05, 4.69) is 28.2 Å². The van der Waals surface area contributed by atoms with E-state index in [0.717, 1.165) is 54.7 Å². The van der Waals surface area contributed by atoms with Crippen molar-refractivity contribution >= 4 is 28.1 Å². The number of anilines is 2. The van der Waals surface area contributed by atoms with Crippen LogP contribution >= 0.6 is 11.3 Å². The highest BCUT2D eigenvalue weighted by atomic mass is 32.1. The molecule has 0 saturated carbocycles. The maximum Gasteiger partial charge on any atom is 0.236 e. The molecule has 0 unspecified atom stereocenters. The van der Waals surface area contributed by atoms with Crippen LogP contribution < -0.4 is 5.32 Å². The van der Waals surface area contributed by atoms with Gasteiger partial charge in [-0.15, -0.1) is 11.3 Å². The quantitative estimate of drug-likeness (QED) is 0.781. The highest BCUT2D eigenvalue weighted by Gasteiger charge is 2.30. The van der Waals surface area contributed by atoms with E-state index in [4.69, 9.17) is 4.98 Å². The molecule has 0 aromatic carbocycles. The number of aryl methyl sites for hydroxylation is 2. The summed E-state index contributed by atoms with van der Waals surface area (Å²) in [7, 11) is 0. The van der Waals surface area contributed by atoms with Gasteiger partial charge in [0.2, 0.25) is 5.91 Å². The first kappa shape index (κ1) is 19.8. The van der Waals surface area contributed by atoms with Gasteiger partial charge in [0.15, 0.2) is 5.13 Å². The van der Waals surface area contributed by atoms with E-state index in [9.17, 15) is 4.79 Å². The molecule has 1 saturated heterocycles. The van der Waals surface area contributed by atoms with Crippen LogP contribution in [-0.2, 0) is 4.79 Å². The maximum absolute atomic E-state index is 12.6. The predicted molar refractivity (Wildman–Crippen MR) is 111 cm³/mol. The van der Waals surface area contributed by atoms with Crippen molar-refractivity contribution in [2.24, 2.45) is 0 Å². The van der Waals surface area contributed by atoms with Gasteiger partial charge in [-0.2, -0.15) is 0 Å². The summed E-state index contributed by atoms with van der Waals surface area (Å²) in [5, 5.41) is 4.29. The molecule has 0 radical (unpaired) electrons. The summed E-state index contributed by atoms with van der Waals surface area (Å²) >= 11 is 1.64. The second kappa shape index (κ2) is 8.80. The summed E-state index contributed by atoms with van der Waals surface area (Å²) in [6.07, 6.45) is 4.01. The zero-order chi connectivity index (χ0) is 19.4. The first-order valence-corrected chi connectivity index (χ1v) is 10.5. The van der Waals surface area contributed by atoms with Crippen LogP contribution in [0.1, 0.15) is 49.0 Å². The third-order valence-corrected chi connectivity index (χ3v) is 5.83. The minimum absolute atomic E-state index is 0.197. The number of likely N-dealkylation sites (tertiary alicyclic amines) is 1.